The van der Waals surface area contributed by atoms with Crippen LogP contribution in [-0.4, -0.2) is 62.6 Å². The third kappa shape index (κ3) is 8.60. The molecule has 2 aromatic rings. The number of hydrogen-bond acceptors (Lipinski definition) is 6. The number of carbonyl (C=O) groups excluding carboxylic acids is 1. The maximum atomic E-state index is 15.4. The van der Waals surface area contributed by atoms with Crippen LogP contribution in [0.1, 0.15) is 62.6 Å². The van der Waals surface area contributed by atoms with E-state index in [1.807, 2.05) is 31.2 Å². The molecule has 0 aromatic heterocycles. The Kier molecular flexibility index (Phi) is 12.1. The maximum Gasteiger partial charge on any atom is 0.243 e. The summed E-state index contributed by atoms with van der Waals surface area (Å²) in [5.74, 6) is -1.00. The normalized spacial score (nSPS) is 22.3. The Morgan fingerprint density at radius 1 is 1.26 bits per heavy atom. The summed E-state index contributed by atoms with van der Waals surface area (Å²) in [6, 6.07) is 11.4. The molecule has 2 aliphatic heterocycles. The summed E-state index contributed by atoms with van der Waals surface area (Å²) < 4.78 is 50.0. The molecule has 10 heteroatoms. The zero-order valence-electron chi connectivity index (χ0n) is 27.5. The van der Waals surface area contributed by atoms with Crippen molar-refractivity contribution >= 4 is 21.6 Å². The van der Waals surface area contributed by atoms with Gasteiger partial charge in [-0.15, -0.1) is 0 Å². The van der Waals surface area contributed by atoms with Gasteiger partial charge in [-0.1, -0.05) is 54.6 Å². The molecule has 4 N–H and O–H groups in total. The minimum atomic E-state index is -3.80. The van der Waals surface area contributed by atoms with Gasteiger partial charge in [0.05, 0.1) is 16.5 Å². The number of allylic oxidation sites excluding steroid dienone is 4. The van der Waals surface area contributed by atoms with E-state index < -0.39 is 33.8 Å². The highest BCUT2D eigenvalue weighted by atomic mass is 32.2. The Balaban J connectivity index is 1.56. The van der Waals surface area contributed by atoms with Gasteiger partial charge in [-0.2, -0.15) is 4.31 Å². The predicted octanol–water partition coefficient (Wildman–Crippen LogP) is 5.57. The van der Waals surface area contributed by atoms with Crippen molar-refractivity contribution in [3.63, 3.8) is 0 Å². The molecule has 0 radical (unpaired) electrons. The summed E-state index contributed by atoms with van der Waals surface area (Å²) in [6.45, 7) is 13.4. The Bertz CT molecular complexity index is 1540. The lowest BCUT2D eigenvalue weighted by atomic mass is 9.73. The van der Waals surface area contributed by atoms with Crippen LogP contribution in [0.25, 0.3) is 0 Å². The lowest BCUT2D eigenvalue weighted by Crippen LogP contribution is -2.53. The second kappa shape index (κ2) is 15.6. The molecule has 4 atom stereocenters. The number of rotatable bonds is 12. The van der Waals surface area contributed by atoms with E-state index in [2.05, 4.69) is 31.1 Å². The number of anilines is 1. The van der Waals surface area contributed by atoms with Gasteiger partial charge in [0.25, 0.3) is 0 Å². The molecule has 0 saturated carbocycles. The van der Waals surface area contributed by atoms with Gasteiger partial charge in [0.15, 0.2) is 0 Å². The molecule has 2 heterocycles. The van der Waals surface area contributed by atoms with Gasteiger partial charge >= 0.3 is 0 Å². The van der Waals surface area contributed by atoms with Crippen molar-refractivity contribution in [3.05, 3.63) is 101 Å². The molecule has 0 bridgehead atoms. The molecule has 0 spiro atoms. The van der Waals surface area contributed by atoms with Crippen LogP contribution in [0, 0.1) is 18.7 Å². The van der Waals surface area contributed by atoms with Crippen LogP contribution >= 0.6 is 0 Å². The molecule has 2 aromatic carbocycles. The van der Waals surface area contributed by atoms with Crippen molar-refractivity contribution in [2.75, 3.05) is 31.6 Å². The Morgan fingerprint density at radius 3 is 2.67 bits per heavy atom. The monoisotopic (exact) mass is 652 g/mol. The zero-order chi connectivity index (χ0) is 33.5. The molecule has 2 aliphatic rings. The largest absolute Gasteiger partial charge is 0.376 e. The lowest BCUT2D eigenvalue weighted by molar-refractivity contribution is -0.119. The van der Waals surface area contributed by atoms with E-state index in [1.54, 1.807) is 31.2 Å². The zero-order valence-corrected chi connectivity index (χ0v) is 28.3. The van der Waals surface area contributed by atoms with Crippen molar-refractivity contribution in [1.29, 1.82) is 0 Å². The number of nitrogens with two attached hydrogens (primary N) is 1. The minimum absolute atomic E-state index is 0.119. The fraction of sp³-hybridized carbons (Fsp3) is 0.472. The van der Waals surface area contributed by atoms with Crippen molar-refractivity contribution in [3.8, 4) is 0 Å². The first-order valence-electron chi connectivity index (χ1n) is 16.1. The molecule has 1 unspecified atom stereocenters. The third-order valence-electron chi connectivity index (χ3n) is 9.02. The third-order valence-corrected chi connectivity index (χ3v) is 11.0. The number of benzene rings is 2. The number of hydrogen-bond donors (Lipinski definition) is 3. The first-order chi connectivity index (χ1) is 21.9. The van der Waals surface area contributed by atoms with Crippen LogP contribution in [0.5, 0.6) is 0 Å². The van der Waals surface area contributed by atoms with Gasteiger partial charge in [0.1, 0.15) is 5.82 Å². The smallest absolute Gasteiger partial charge is 0.243 e. The molecule has 8 nitrogen and oxygen atoms in total. The van der Waals surface area contributed by atoms with Crippen molar-refractivity contribution < 1.29 is 22.3 Å². The summed E-state index contributed by atoms with van der Waals surface area (Å²) in [6.07, 6.45) is 8.26. The lowest BCUT2D eigenvalue weighted by Gasteiger charge is -2.41. The van der Waals surface area contributed by atoms with Crippen LogP contribution < -0.4 is 16.4 Å². The number of sulfonamides is 1. The highest BCUT2D eigenvalue weighted by Gasteiger charge is 2.39. The number of aryl methyl sites for hydroxylation is 1. The minimum Gasteiger partial charge on any atom is -0.376 e. The number of nitrogens with zero attached hydrogens (tertiary/aromatic N) is 1. The number of carbonyl (C=O) groups is 1. The van der Waals surface area contributed by atoms with Gasteiger partial charge in [0, 0.05) is 49.5 Å². The molecule has 1 amide bonds. The van der Waals surface area contributed by atoms with Gasteiger partial charge in [-0.05, 0) is 89.1 Å². The average Bonchev–Trinajstić information content (AvgIpc) is 3.01. The second-order valence-electron chi connectivity index (χ2n) is 12.9. The highest BCUT2D eigenvalue weighted by Crippen LogP contribution is 2.40. The van der Waals surface area contributed by atoms with Crippen LogP contribution in [0.15, 0.2) is 78.3 Å². The van der Waals surface area contributed by atoms with Gasteiger partial charge in [-0.25, -0.2) is 12.8 Å². The summed E-state index contributed by atoms with van der Waals surface area (Å²) >= 11 is 0. The van der Waals surface area contributed by atoms with E-state index in [4.69, 9.17) is 10.5 Å². The summed E-state index contributed by atoms with van der Waals surface area (Å²) in [4.78, 5) is 14.0. The Hall–Kier alpha value is -3.15. The standard InChI is InChI=1S/C36H49FN4O4S/c1-6-9-29(10-7-2)46(43,44)41-21-20-39-24-28(41)17-18-30-31(37)11-8-12-32(30)40-35(42)34(38)33(26-15-13-25(3)14-16-26)27-19-22-45-36(4,5)23-27/h6-16,27-28,33-34,39H,1,17-24,38H2,2-5H3,(H,40,42)/b10-7-,29-9+/t27?,28-,33-,34-/m0/s1. The fourth-order valence-corrected chi connectivity index (χ4v) is 8.47. The SMILES string of the molecule is C=C/C=C(\C=C/C)S(=O)(=O)N1CCNC[C@@H]1CCc1c(F)cccc1NC(=O)[C@@H](N)[C@@H](c1ccc(C)cc1)C1CCOC(C)(C)C1. The number of amides is 1. The molecule has 2 saturated heterocycles. The summed E-state index contributed by atoms with van der Waals surface area (Å²) in [7, 11) is -3.80. The predicted molar refractivity (Wildman–Crippen MR) is 183 cm³/mol. The van der Waals surface area contributed by atoms with Crippen LogP contribution in [0.4, 0.5) is 10.1 Å². The van der Waals surface area contributed by atoms with Crippen molar-refractivity contribution in [1.82, 2.24) is 9.62 Å². The first kappa shape index (κ1) is 35.7. The van der Waals surface area contributed by atoms with E-state index in [1.165, 1.54) is 22.5 Å². The second-order valence-corrected chi connectivity index (χ2v) is 14.8. The van der Waals surface area contributed by atoms with Gasteiger partial charge < -0.3 is 21.1 Å². The molecular weight excluding hydrogens is 603 g/mol. The molecule has 4 rings (SSSR count). The Labute approximate surface area is 274 Å². The number of ether oxygens (including phenoxy) is 1. The van der Waals surface area contributed by atoms with Gasteiger partial charge in [-0.3, -0.25) is 4.79 Å². The van der Waals surface area contributed by atoms with E-state index in [0.717, 1.165) is 24.0 Å². The number of halogens is 1. The topological polar surface area (TPSA) is 114 Å². The van der Waals surface area contributed by atoms with Crippen molar-refractivity contribution in [2.24, 2.45) is 11.7 Å². The summed E-state index contributed by atoms with van der Waals surface area (Å²) in [5.41, 5.74) is 9.21. The van der Waals surface area contributed by atoms with E-state index in [-0.39, 0.29) is 35.3 Å². The molecule has 250 valence electrons. The van der Waals surface area contributed by atoms with E-state index in [9.17, 15) is 13.2 Å². The number of piperazine rings is 1. The van der Waals surface area contributed by atoms with Crippen molar-refractivity contribution in [2.45, 2.75) is 77.0 Å². The highest BCUT2D eigenvalue weighted by molar-refractivity contribution is 7.93. The quantitative estimate of drug-likeness (QED) is 0.259. The summed E-state index contributed by atoms with van der Waals surface area (Å²) in [5, 5.41) is 6.21. The molecule has 0 aliphatic carbocycles. The van der Waals surface area contributed by atoms with Crippen LogP contribution in [0.3, 0.4) is 0 Å². The van der Waals surface area contributed by atoms with E-state index >= 15 is 4.39 Å². The number of nitrogens with one attached hydrogen (secondary N) is 2. The Morgan fingerprint density at radius 2 is 2.00 bits per heavy atom. The fourth-order valence-electron chi connectivity index (χ4n) is 6.72. The first-order valence-corrected chi connectivity index (χ1v) is 17.5. The molecular formula is C36H49FN4O4S. The average molecular weight is 653 g/mol. The van der Waals surface area contributed by atoms with Crippen LogP contribution in [0.2, 0.25) is 0 Å². The van der Waals surface area contributed by atoms with Crippen LogP contribution in [-0.2, 0) is 26.0 Å². The molecule has 46 heavy (non-hydrogen) atoms. The molecule has 2 fully saturated rings. The van der Waals surface area contributed by atoms with E-state index in [0.29, 0.717) is 37.4 Å². The van der Waals surface area contributed by atoms with Gasteiger partial charge in [0.2, 0.25) is 15.9 Å². The maximum absolute atomic E-state index is 15.4.